The molecular formula is C19H30O4Si. The second-order valence-electron chi connectivity index (χ2n) is 7.97. The van der Waals surface area contributed by atoms with E-state index >= 15 is 0 Å². The van der Waals surface area contributed by atoms with Gasteiger partial charge in [-0.2, -0.15) is 0 Å². The second-order valence-corrected chi connectivity index (χ2v) is 12.7. The van der Waals surface area contributed by atoms with Gasteiger partial charge in [-0.05, 0) is 29.8 Å². The van der Waals surface area contributed by atoms with Gasteiger partial charge in [0.1, 0.15) is 12.2 Å². The minimum Gasteiger partial charge on any atom is -0.489 e. The maximum Gasteiger partial charge on any atom is 0.193 e. The highest BCUT2D eigenvalue weighted by atomic mass is 28.4. The molecule has 0 saturated heterocycles. The van der Waals surface area contributed by atoms with Gasteiger partial charge >= 0.3 is 0 Å². The molecule has 0 amide bonds. The van der Waals surface area contributed by atoms with Crippen molar-refractivity contribution < 1.29 is 19.4 Å². The highest BCUT2D eigenvalue weighted by molar-refractivity contribution is 6.74. The van der Waals surface area contributed by atoms with Crippen LogP contribution in [0.15, 0.2) is 42.2 Å². The summed E-state index contributed by atoms with van der Waals surface area (Å²) in [5.74, 6) is 0.745. The molecule has 0 aliphatic carbocycles. The standard InChI is InChI=1S/C19H30O4Si/c1-19(2,3)24(4,5)23-16-12-15(22-17(13-20)18(16)21)11-14-9-7-6-8-10-14/h6-10,12,16-18,20-21H,11,13H2,1-5H3/t16-,17-,18+/m1/s1. The van der Waals surface area contributed by atoms with Gasteiger partial charge in [-0.1, -0.05) is 51.1 Å². The fourth-order valence-corrected chi connectivity index (χ4v) is 3.70. The lowest BCUT2D eigenvalue weighted by Gasteiger charge is -2.42. The van der Waals surface area contributed by atoms with E-state index in [1.54, 1.807) is 0 Å². The Hall–Kier alpha value is -1.14. The number of aliphatic hydroxyl groups excluding tert-OH is 2. The molecule has 1 aliphatic heterocycles. The van der Waals surface area contributed by atoms with Crippen LogP contribution in [0.1, 0.15) is 26.3 Å². The number of rotatable bonds is 5. The molecule has 134 valence electrons. The number of ether oxygens (including phenoxy) is 1. The van der Waals surface area contributed by atoms with Crippen molar-refractivity contribution in [3.63, 3.8) is 0 Å². The summed E-state index contributed by atoms with van der Waals surface area (Å²) in [6.07, 6.45) is 0.550. The number of hydrogen-bond acceptors (Lipinski definition) is 4. The van der Waals surface area contributed by atoms with Gasteiger partial charge in [0, 0.05) is 6.42 Å². The van der Waals surface area contributed by atoms with E-state index in [1.807, 2.05) is 36.4 Å². The van der Waals surface area contributed by atoms with Crippen molar-refractivity contribution in [1.29, 1.82) is 0 Å². The van der Waals surface area contributed by atoms with Crippen molar-refractivity contribution in [2.24, 2.45) is 0 Å². The summed E-state index contributed by atoms with van der Waals surface area (Å²) >= 11 is 0. The highest BCUT2D eigenvalue weighted by Gasteiger charge is 2.43. The third-order valence-corrected chi connectivity index (χ3v) is 9.48. The zero-order valence-corrected chi connectivity index (χ0v) is 16.3. The Kier molecular flexibility index (Phi) is 5.91. The molecule has 2 rings (SSSR count). The highest BCUT2D eigenvalue weighted by Crippen LogP contribution is 2.38. The Labute approximate surface area is 146 Å². The smallest absolute Gasteiger partial charge is 0.193 e. The van der Waals surface area contributed by atoms with Gasteiger partial charge in [-0.25, -0.2) is 0 Å². The van der Waals surface area contributed by atoms with E-state index in [0.29, 0.717) is 6.42 Å². The summed E-state index contributed by atoms with van der Waals surface area (Å²) in [5.41, 5.74) is 1.13. The molecule has 0 bridgehead atoms. The zero-order valence-electron chi connectivity index (χ0n) is 15.3. The monoisotopic (exact) mass is 350 g/mol. The molecule has 0 radical (unpaired) electrons. The average Bonchev–Trinajstić information content (AvgIpc) is 2.50. The van der Waals surface area contributed by atoms with E-state index in [4.69, 9.17) is 9.16 Å². The van der Waals surface area contributed by atoms with E-state index in [9.17, 15) is 10.2 Å². The van der Waals surface area contributed by atoms with Crippen molar-refractivity contribution in [3.8, 4) is 0 Å². The van der Waals surface area contributed by atoms with E-state index in [0.717, 1.165) is 11.3 Å². The Balaban J connectivity index is 2.22. The van der Waals surface area contributed by atoms with Gasteiger partial charge in [0.05, 0.1) is 18.5 Å². The van der Waals surface area contributed by atoms with Crippen LogP contribution >= 0.6 is 0 Å². The van der Waals surface area contributed by atoms with Gasteiger partial charge in [-0.3, -0.25) is 0 Å². The largest absolute Gasteiger partial charge is 0.489 e. The minimum absolute atomic E-state index is 0.0488. The zero-order chi connectivity index (χ0) is 18.0. The summed E-state index contributed by atoms with van der Waals surface area (Å²) < 4.78 is 12.2. The summed E-state index contributed by atoms with van der Waals surface area (Å²) in [6.45, 7) is 10.6. The molecule has 0 spiro atoms. The molecule has 1 heterocycles. The molecule has 5 heteroatoms. The summed E-state index contributed by atoms with van der Waals surface area (Å²) in [7, 11) is -2.04. The van der Waals surface area contributed by atoms with Crippen molar-refractivity contribution in [1.82, 2.24) is 0 Å². The Morgan fingerprint density at radius 1 is 1.17 bits per heavy atom. The summed E-state index contributed by atoms with van der Waals surface area (Å²) in [6, 6.07) is 10.0. The first-order chi connectivity index (χ1) is 11.1. The molecule has 3 atom stereocenters. The van der Waals surface area contributed by atoms with Crippen LogP contribution in [-0.4, -0.2) is 43.4 Å². The Bertz CT molecular complexity index is 562. The van der Waals surface area contributed by atoms with Gasteiger partial charge < -0.3 is 19.4 Å². The maximum absolute atomic E-state index is 10.5. The predicted octanol–water partition coefficient (Wildman–Crippen LogP) is 3.26. The van der Waals surface area contributed by atoms with Crippen LogP contribution in [-0.2, 0) is 15.6 Å². The van der Waals surface area contributed by atoms with Gasteiger partial charge in [0.2, 0.25) is 0 Å². The van der Waals surface area contributed by atoms with Crippen molar-refractivity contribution in [3.05, 3.63) is 47.7 Å². The quantitative estimate of drug-likeness (QED) is 0.800. The van der Waals surface area contributed by atoms with Crippen LogP contribution in [0.4, 0.5) is 0 Å². The van der Waals surface area contributed by atoms with Crippen molar-refractivity contribution in [2.45, 2.75) is 63.6 Å². The number of aliphatic hydroxyl groups is 2. The second kappa shape index (κ2) is 7.40. The molecule has 1 aromatic rings. The van der Waals surface area contributed by atoms with Crippen LogP contribution in [0.3, 0.4) is 0 Å². The van der Waals surface area contributed by atoms with Gasteiger partial charge in [0.25, 0.3) is 0 Å². The van der Waals surface area contributed by atoms with Gasteiger partial charge in [-0.15, -0.1) is 0 Å². The van der Waals surface area contributed by atoms with Crippen LogP contribution in [0.25, 0.3) is 0 Å². The van der Waals surface area contributed by atoms with Gasteiger partial charge in [0.15, 0.2) is 8.32 Å². The molecule has 1 aliphatic rings. The molecule has 0 unspecified atom stereocenters. The third-order valence-electron chi connectivity index (χ3n) is 5.01. The molecular weight excluding hydrogens is 320 g/mol. The SMILES string of the molecule is CC(C)(C)[Si](C)(C)O[C@@H]1C=C(Cc2ccccc2)O[C@H](CO)[C@H]1O. The van der Waals surface area contributed by atoms with Crippen molar-refractivity contribution in [2.75, 3.05) is 6.61 Å². The summed E-state index contributed by atoms with van der Waals surface area (Å²) in [4.78, 5) is 0. The van der Waals surface area contributed by atoms with E-state index in [2.05, 4.69) is 33.9 Å². The Morgan fingerprint density at radius 2 is 1.79 bits per heavy atom. The predicted molar refractivity (Wildman–Crippen MR) is 98.3 cm³/mol. The van der Waals surface area contributed by atoms with Crippen molar-refractivity contribution >= 4 is 8.32 Å². The third kappa shape index (κ3) is 4.48. The first kappa shape index (κ1) is 19.2. The molecule has 0 fully saturated rings. The summed E-state index contributed by atoms with van der Waals surface area (Å²) in [5, 5.41) is 20.1. The van der Waals surface area contributed by atoms with Crippen LogP contribution < -0.4 is 0 Å². The normalized spacial score (nSPS) is 25.1. The molecule has 0 saturated carbocycles. The maximum atomic E-state index is 10.5. The number of allylic oxidation sites excluding steroid dienone is 1. The Morgan fingerprint density at radius 3 is 2.33 bits per heavy atom. The first-order valence-electron chi connectivity index (χ1n) is 8.52. The first-order valence-corrected chi connectivity index (χ1v) is 11.4. The average molecular weight is 351 g/mol. The topological polar surface area (TPSA) is 58.9 Å². The molecule has 24 heavy (non-hydrogen) atoms. The van der Waals surface area contributed by atoms with Crippen LogP contribution in [0.5, 0.6) is 0 Å². The molecule has 0 aromatic heterocycles. The minimum atomic E-state index is -2.04. The fourth-order valence-electron chi connectivity index (χ4n) is 2.46. The lowest BCUT2D eigenvalue weighted by molar-refractivity contribution is -0.0882. The fraction of sp³-hybridized carbons (Fsp3) is 0.579. The van der Waals surface area contributed by atoms with Crippen LogP contribution in [0, 0.1) is 0 Å². The van der Waals surface area contributed by atoms with E-state index < -0.39 is 26.6 Å². The number of hydrogen-bond donors (Lipinski definition) is 2. The van der Waals surface area contributed by atoms with E-state index in [-0.39, 0.29) is 11.6 Å². The lowest BCUT2D eigenvalue weighted by Crippen LogP contribution is -2.52. The van der Waals surface area contributed by atoms with Crippen LogP contribution in [0.2, 0.25) is 18.1 Å². The van der Waals surface area contributed by atoms with E-state index in [1.165, 1.54) is 0 Å². The molecule has 4 nitrogen and oxygen atoms in total. The molecule has 1 aromatic carbocycles. The molecule has 2 N–H and O–H groups in total. The lowest BCUT2D eigenvalue weighted by atomic mass is 10.0. The number of benzene rings is 1.